The summed E-state index contributed by atoms with van der Waals surface area (Å²) in [4.78, 5) is 11.8. The van der Waals surface area contributed by atoms with Gasteiger partial charge in [-0.2, -0.15) is 5.26 Å². The molecule has 2 aromatic rings. The van der Waals surface area contributed by atoms with E-state index in [1.807, 2.05) is 6.07 Å². The van der Waals surface area contributed by atoms with Gasteiger partial charge in [0.2, 0.25) is 0 Å². The Hall–Kier alpha value is -2.19. The summed E-state index contributed by atoms with van der Waals surface area (Å²) in [5, 5.41) is 8.92. The number of esters is 1. The van der Waals surface area contributed by atoms with Crippen LogP contribution >= 0.6 is 15.9 Å². The highest BCUT2D eigenvalue weighted by molar-refractivity contribution is 9.10. The van der Waals surface area contributed by atoms with Crippen molar-refractivity contribution in [3.63, 3.8) is 0 Å². The van der Waals surface area contributed by atoms with Crippen molar-refractivity contribution in [1.82, 2.24) is 0 Å². The van der Waals surface area contributed by atoms with Gasteiger partial charge in [0.25, 0.3) is 0 Å². The molecule has 0 fully saturated rings. The highest BCUT2D eigenvalue weighted by Crippen LogP contribution is 2.17. The minimum atomic E-state index is -0.761. The van der Waals surface area contributed by atoms with Crippen LogP contribution in [0.1, 0.15) is 21.5 Å². The van der Waals surface area contributed by atoms with Crippen molar-refractivity contribution in [2.45, 2.75) is 6.61 Å². The summed E-state index contributed by atoms with van der Waals surface area (Å²) in [5.41, 5.74) is 0.875. The molecule has 0 aliphatic rings. The Morgan fingerprint density at radius 2 is 2.05 bits per heavy atom. The molecule has 20 heavy (non-hydrogen) atoms. The van der Waals surface area contributed by atoms with Gasteiger partial charge < -0.3 is 4.74 Å². The lowest BCUT2D eigenvalue weighted by Gasteiger charge is -2.07. The average molecular weight is 334 g/mol. The van der Waals surface area contributed by atoms with Crippen LogP contribution in [0.4, 0.5) is 4.39 Å². The van der Waals surface area contributed by atoms with Crippen molar-refractivity contribution in [2.75, 3.05) is 0 Å². The largest absolute Gasteiger partial charge is 0.457 e. The fourth-order valence-corrected chi connectivity index (χ4v) is 1.96. The van der Waals surface area contributed by atoms with Crippen LogP contribution in [-0.2, 0) is 11.3 Å². The quantitative estimate of drug-likeness (QED) is 0.802. The zero-order valence-electron chi connectivity index (χ0n) is 10.3. The summed E-state index contributed by atoms with van der Waals surface area (Å²) < 4.78 is 19.2. The molecule has 0 atom stereocenters. The maximum atomic E-state index is 13.6. The molecule has 0 radical (unpaired) electrons. The molecule has 2 rings (SSSR count). The zero-order valence-corrected chi connectivity index (χ0v) is 11.9. The summed E-state index contributed by atoms with van der Waals surface area (Å²) in [7, 11) is 0. The molecule has 0 bridgehead atoms. The SMILES string of the molecule is N#Cc1ccccc1COC(=O)c1ccc(Br)cc1F. The molecule has 0 aliphatic heterocycles. The molecule has 2 aromatic carbocycles. The van der Waals surface area contributed by atoms with Gasteiger partial charge >= 0.3 is 5.97 Å². The van der Waals surface area contributed by atoms with E-state index >= 15 is 0 Å². The van der Waals surface area contributed by atoms with E-state index in [-0.39, 0.29) is 12.2 Å². The van der Waals surface area contributed by atoms with Crippen molar-refractivity contribution in [3.8, 4) is 6.07 Å². The first-order valence-corrected chi connectivity index (χ1v) is 6.51. The summed E-state index contributed by atoms with van der Waals surface area (Å²) >= 11 is 3.11. The van der Waals surface area contributed by atoms with Crippen molar-refractivity contribution in [1.29, 1.82) is 5.26 Å². The molecule has 0 N–H and O–H groups in total. The molecule has 0 saturated heterocycles. The lowest BCUT2D eigenvalue weighted by Crippen LogP contribution is -2.08. The minimum absolute atomic E-state index is 0.0714. The van der Waals surface area contributed by atoms with Crippen LogP contribution in [0.25, 0.3) is 0 Å². The summed E-state index contributed by atoms with van der Waals surface area (Å²) in [6, 6.07) is 12.9. The van der Waals surface area contributed by atoms with Crippen LogP contribution < -0.4 is 0 Å². The minimum Gasteiger partial charge on any atom is -0.457 e. The number of nitrogens with zero attached hydrogens (tertiary/aromatic N) is 1. The Morgan fingerprint density at radius 3 is 2.75 bits per heavy atom. The fraction of sp³-hybridized carbons (Fsp3) is 0.0667. The van der Waals surface area contributed by atoms with Gasteiger partial charge in [-0.05, 0) is 24.3 Å². The number of carbonyl (C=O) groups is 1. The van der Waals surface area contributed by atoms with E-state index in [9.17, 15) is 9.18 Å². The number of hydrogen-bond donors (Lipinski definition) is 0. The van der Waals surface area contributed by atoms with Gasteiger partial charge in [-0.15, -0.1) is 0 Å². The van der Waals surface area contributed by atoms with Crippen LogP contribution in [0.2, 0.25) is 0 Å². The smallest absolute Gasteiger partial charge is 0.341 e. The number of hydrogen-bond acceptors (Lipinski definition) is 3. The van der Waals surface area contributed by atoms with E-state index in [1.54, 1.807) is 30.3 Å². The molecule has 0 amide bonds. The summed E-state index contributed by atoms with van der Waals surface area (Å²) in [5.74, 6) is -1.42. The fourth-order valence-electron chi connectivity index (χ4n) is 1.63. The lowest BCUT2D eigenvalue weighted by molar-refractivity contribution is 0.0467. The molecule has 0 heterocycles. The van der Waals surface area contributed by atoms with E-state index in [0.29, 0.717) is 15.6 Å². The predicted molar refractivity (Wildman–Crippen MR) is 74.4 cm³/mol. The number of rotatable bonds is 3. The molecular formula is C15H9BrFNO2. The van der Waals surface area contributed by atoms with Gasteiger partial charge in [0, 0.05) is 10.0 Å². The monoisotopic (exact) mass is 333 g/mol. The van der Waals surface area contributed by atoms with E-state index in [4.69, 9.17) is 10.00 Å². The summed E-state index contributed by atoms with van der Waals surface area (Å²) in [6.07, 6.45) is 0. The van der Waals surface area contributed by atoms with Crippen molar-refractivity contribution in [2.24, 2.45) is 0 Å². The van der Waals surface area contributed by atoms with Gasteiger partial charge in [-0.25, -0.2) is 9.18 Å². The first-order chi connectivity index (χ1) is 9.61. The van der Waals surface area contributed by atoms with Gasteiger partial charge in [0.05, 0.1) is 17.2 Å². The van der Waals surface area contributed by atoms with Gasteiger partial charge in [-0.3, -0.25) is 0 Å². The number of ether oxygens (including phenoxy) is 1. The van der Waals surface area contributed by atoms with Gasteiger partial charge in [0.15, 0.2) is 0 Å². The Labute approximate surface area is 123 Å². The van der Waals surface area contributed by atoms with Crippen LogP contribution in [0.5, 0.6) is 0 Å². The molecule has 3 nitrogen and oxygen atoms in total. The normalized spacial score (nSPS) is 9.85. The third kappa shape index (κ3) is 3.22. The highest BCUT2D eigenvalue weighted by atomic mass is 79.9. The Bertz CT molecular complexity index is 695. The molecule has 0 aliphatic carbocycles. The Kier molecular flexibility index (Phi) is 4.49. The molecule has 0 saturated carbocycles. The molecule has 0 aromatic heterocycles. The van der Waals surface area contributed by atoms with E-state index in [2.05, 4.69) is 15.9 Å². The number of carbonyl (C=O) groups excluding carboxylic acids is 1. The van der Waals surface area contributed by atoms with Crippen molar-refractivity contribution in [3.05, 3.63) is 69.4 Å². The second-order valence-corrected chi connectivity index (χ2v) is 4.88. The van der Waals surface area contributed by atoms with Crippen LogP contribution in [0.3, 0.4) is 0 Å². The average Bonchev–Trinajstić information content (AvgIpc) is 2.45. The molecule has 5 heteroatoms. The van der Waals surface area contributed by atoms with E-state index in [1.165, 1.54) is 12.1 Å². The Morgan fingerprint density at radius 1 is 1.30 bits per heavy atom. The predicted octanol–water partition coefficient (Wildman–Crippen LogP) is 3.82. The van der Waals surface area contributed by atoms with E-state index < -0.39 is 11.8 Å². The van der Waals surface area contributed by atoms with Gasteiger partial charge in [-0.1, -0.05) is 34.1 Å². The molecule has 0 unspecified atom stereocenters. The molecule has 0 spiro atoms. The van der Waals surface area contributed by atoms with Gasteiger partial charge in [0.1, 0.15) is 12.4 Å². The number of halogens is 2. The third-order valence-electron chi connectivity index (χ3n) is 2.65. The van der Waals surface area contributed by atoms with Crippen LogP contribution in [-0.4, -0.2) is 5.97 Å². The van der Waals surface area contributed by atoms with Crippen molar-refractivity contribution < 1.29 is 13.9 Å². The second-order valence-electron chi connectivity index (χ2n) is 3.97. The number of benzene rings is 2. The van der Waals surface area contributed by atoms with Crippen molar-refractivity contribution >= 4 is 21.9 Å². The van der Waals surface area contributed by atoms with E-state index in [0.717, 1.165) is 0 Å². The maximum absolute atomic E-state index is 13.6. The zero-order chi connectivity index (χ0) is 14.5. The highest BCUT2D eigenvalue weighted by Gasteiger charge is 2.14. The molecular weight excluding hydrogens is 325 g/mol. The van der Waals surface area contributed by atoms with Crippen LogP contribution in [0.15, 0.2) is 46.9 Å². The Balaban J connectivity index is 2.11. The van der Waals surface area contributed by atoms with Crippen LogP contribution in [0, 0.1) is 17.1 Å². The second kappa shape index (κ2) is 6.31. The first-order valence-electron chi connectivity index (χ1n) is 5.72. The standard InChI is InChI=1S/C15H9BrFNO2/c16-12-5-6-13(14(17)7-12)15(19)20-9-11-4-2-1-3-10(11)8-18/h1-7H,9H2. The number of nitriles is 1. The maximum Gasteiger partial charge on any atom is 0.341 e. The topological polar surface area (TPSA) is 50.1 Å². The summed E-state index contributed by atoms with van der Waals surface area (Å²) in [6.45, 7) is -0.0714. The first kappa shape index (κ1) is 14.2. The molecule has 100 valence electrons. The lowest BCUT2D eigenvalue weighted by atomic mass is 10.1. The third-order valence-corrected chi connectivity index (χ3v) is 3.14.